The van der Waals surface area contributed by atoms with Crippen LogP contribution in [0.3, 0.4) is 0 Å². The second kappa shape index (κ2) is 5.79. The van der Waals surface area contributed by atoms with E-state index in [1.54, 1.807) is 6.20 Å². The Bertz CT molecular complexity index is 615. The number of fused-ring (bicyclic) bond motifs is 2. The van der Waals surface area contributed by atoms with Gasteiger partial charge in [0.2, 0.25) is 5.91 Å². The molecule has 4 fully saturated rings. The number of amides is 1. The Morgan fingerprint density at radius 2 is 2.17 bits per heavy atom. The summed E-state index contributed by atoms with van der Waals surface area (Å²) in [6, 6.07) is 4.39. The Hall–Kier alpha value is -1.50. The maximum Gasteiger partial charge on any atom is 0.226 e. The maximum absolute atomic E-state index is 12.8. The van der Waals surface area contributed by atoms with Gasteiger partial charge in [-0.1, -0.05) is 6.07 Å². The van der Waals surface area contributed by atoms with Gasteiger partial charge in [-0.25, -0.2) is 0 Å². The van der Waals surface area contributed by atoms with Crippen LogP contribution in [0.5, 0.6) is 0 Å². The van der Waals surface area contributed by atoms with Gasteiger partial charge in [0.1, 0.15) is 0 Å². The van der Waals surface area contributed by atoms with Gasteiger partial charge in [0.05, 0.1) is 32.0 Å². The maximum atomic E-state index is 12.8. The van der Waals surface area contributed by atoms with Crippen LogP contribution in [0.1, 0.15) is 5.56 Å². The van der Waals surface area contributed by atoms with Crippen molar-refractivity contribution in [3.63, 3.8) is 0 Å². The van der Waals surface area contributed by atoms with Crippen LogP contribution in [0, 0.1) is 17.8 Å². The molecule has 5 atom stereocenters. The zero-order valence-electron chi connectivity index (χ0n) is 13.7. The summed E-state index contributed by atoms with van der Waals surface area (Å²) >= 11 is 0. The highest BCUT2D eigenvalue weighted by Gasteiger charge is 2.60. The fraction of sp³-hybridized carbons (Fsp3) is 0.667. The van der Waals surface area contributed by atoms with E-state index in [1.807, 2.05) is 17.2 Å². The SMILES string of the molecule is O=C(C1[C@H]2COC[C@@H]12)N1C[C@@H]2OCCN(Cc3cccnc3)[C@@H]2C1. The van der Waals surface area contributed by atoms with E-state index in [-0.39, 0.29) is 12.0 Å². The molecule has 1 amide bonds. The predicted molar refractivity (Wildman–Crippen MR) is 86.0 cm³/mol. The smallest absolute Gasteiger partial charge is 0.226 e. The number of rotatable bonds is 3. The molecule has 6 nitrogen and oxygen atoms in total. The molecule has 1 aromatic heterocycles. The summed E-state index contributed by atoms with van der Waals surface area (Å²) in [5.41, 5.74) is 1.22. The molecule has 1 aromatic rings. The third-order valence-electron chi connectivity index (χ3n) is 6.07. The Kier molecular flexibility index (Phi) is 3.57. The van der Waals surface area contributed by atoms with Crippen molar-refractivity contribution in [1.82, 2.24) is 14.8 Å². The van der Waals surface area contributed by atoms with Gasteiger partial charge in [0, 0.05) is 44.5 Å². The molecular weight excluding hydrogens is 306 g/mol. The lowest BCUT2D eigenvalue weighted by Gasteiger charge is -2.36. The van der Waals surface area contributed by atoms with Crippen LogP contribution in [0.2, 0.25) is 0 Å². The molecule has 0 N–H and O–H groups in total. The molecule has 1 saturated carbocycles. The van der Waals surface area contributed by atoms with Crippen LogP contribution < -0.4 is 0 Å². The molecular formula is C18H23N3O3. The third kappa shape index (κ3) is 2.44. The monoisotopic (exact) mass is 329 g/mol. The number of hydrogen-bond donors (Lipinski definition) is 0. The van der Waals surface area contributed by atoms with Gasteiger partial charge in [0.15, 0.2) is 0 Å². The highest BCUT2D eigenvalue weighted by atomic mass is 16.5. The molecule has 0 spiro atoms. The van der Waals surface area contributed by atoms with Crippen LogP contribution in [-0.2, 0) is 20.8 Å². The fourth-order valence-electron chi connectivity index (χ4n) is 4.68. The van der Waals surface area contributed by atoms with Crippen molar-refractivity contribution < 1.29 is 14.3 Å². The zero-order valence-corrected chi connectivity index (χ0v) is 13.7. The lowest BCUT2D eigenvalue weighted by atomic mass is 10.1. The van der Waals surface area contributed by atoms with Gasteiger partial charge in [-0.05, 0) is 23.5 Å². The molecule has 5 rings (SSSR count). The first kappa shape index (κ1) is 14.8. The number of carbonyl (C=O) groups is 1. The van der Waals surface area contributed by atoms with Crippen molar-refractivity contribution in [2.24, 2.45) is 17.8 Å². The van der Waals surface area contributed by atoms with Gasteiger partial charge >= 0.3 is 0 Å². The van der Waals surface area contributed by atoms with Gasteiger partial charge in [-0.15, -0.1) is 0 Å². The van der Waals surface area contributed by atoms with Crippen molar-refractivity contribution in [3.8, 4) is 0 Å². The molecule has 3 saturated heterocycles. The standard InChI is InChI=1S/C18H23N3O3/c22-18(17-13-10-23-11-14(13)17)21-8-15-16(9-21)24-5-4-20(15)7-12-2-1-3-19-6-12/h1-3,6,13-17H,4-5,7-11H2/t13-,14+,15-,16+,17?/m1/s1. The minimum absolute atomic E-state index is 0.147. The van der Waals surface area contributed by atoms with E-state index in [0.717, 1.165) is 46.0 Å². The van der Waals surface area contributed by atoms with Gasteiger partial charge < -0.3 is 14.4 Å². The topological polar surface area (TPSA) is 54.9 Å². The quantitative estimate of drug-likeness (QED) is 0.803. The lowest BCUT2D eigenvalue weighted by Crippen LogP contribution is -2.50. The summed E-state index contributed by atoms with van der Waals surface area (Å²) < 4.78 is 11.4. The molecule has 6 heteroatoms. The van der Waals surface area contributed by atoms with Crippen molar-refractivity contribution >= 4 is 5.91 Å². The van der Waals surface area contributed by atoms with E-state index in [2.05, 4.69) is 16.0 Å². The summed E-state index contributed by atoms with van der Waals surface area (Å²) in [5.74, 6) is 1.50. The molecule has 1 unspecified atom stereocenters. The summed E-state index contributed by atoms with van der Waals surface area (Å²) in [5, 5.41) is 0. The van der Waals surface area contributed by atoms with Gasteiger partial charge in [0.25, 0.3) is 0 Å². The van der Waals surface area contributed by atoms with Crippen molar-refractivity contribution in [2.45, 2.75) is 18.7 Å². The summed E-state index contributed by atoms with van der Waals surface area (Å²) in [6.45, 7) is 5.61. The number of pyridine rings is 1. The number of carbonyl (C=O) groups excluding carboxylic acids is 1. The summed E-state index contributed by atoms with van der Waals surface area (Å²) in [7, 11) is 0. The van der Waals surface area contributed by atoms with Crippen LogP contribution in [0.15, 0.2) is 24.5 Å². The number of ether oxygens (including phenoxy) is 2. The highest BCUT2D eigenvalue weighted by molar-refractivity contribution is 5.83. The molecule has 4 aliphatic rings. The minimum atomic E-state index is 0.147. The van der Waals surface area contributed by atoms with Crippen LogP contribution in [0.4, 0.5) is 0 Å². The van der Waals surface area contributed by atoms with E-state index >= 15 is 0 Å². The number of hydrogen-bond acceptors (Lipinski definition) is 5. The van der Waals surface area contributed by atoms with Crippen LogP contribution in [0.25, 0.3) is 0 Å². The van der Waals surface area contributed by atoms with Crippen molar-refractivity contribution in [1.29, 1.82) is 0 Å². The van der Waals surface area contributed by atoms with E-state index in [4.69, 9.17) is 9.47 Å². The van der Waals surface area contributed by atoms with Gasteiger partial charge in [-0.3, -0.25) is 14.7 Å². The van der Waals surface area contributed by atoms with E-state index in [9.17, 15) is 4.79 Å². The summed E-state index contributed by atoms with van der Waals surface area (Å²) in [4.78, 5) is 21.5. The predicted octanol–water partition coefficient (Wildman–Crippen LogP) is 0.386. The number of likely N-dealkylation sites (tertiary alicyclic amines) is 1. The molecule has 0 radical (unpaired) electrons. The molecule has 4 heterocycles. The number of aromatic nitrogens is 1. The number of nitrogens with zero attached hydrogens (tertiary/aromatic N) is 3. The van der Waals surface area contributed by atoms with Crippen molar-refractivity contribution in [3.05, 3.63) is 30.1 Å². The average Bonchev–Trinajstić information content (AvgIpc) is 2.98. The zero-order chi connectivity index (χ0) is 16.1. The second-order valence-electron chi connectivity index (χ2n) is 7.44. The first-order valence-electron chi connectivity index (χ1n) is 8.92. The molecule has 24 heavy (non-hydrogen) atoms. The first-order valence-corrected chi connectivity index (χ1v) is 8.92. The largest absolute Gasteiger partial charge is 0.381 e. The first-order chi connectivity index (χ1) is 11.8. The Morgan fingerprint density at radius 3 is 2.96 bits per heavy atom. The van der Waals surface area contributed by atoms with Crippen molar-refractivity contribution in [2.75, 3.05) is 39.5 Å². The fourth-order valence-corrected chi connectivity index (χ4v) is 4.68. The van der Waals surface area contributed by atoms with Crippen LogP contribution >= 0.6 is 0 Å². The van der Waals surface area contributed by atoms with E-state index in [0.29, 0.717) is 23.8 Å². The Balaban J connectivity index is 1.26. The number of morpholine rings is 1. The molecule has 0 bridgehead atoms. The third-order valence-corrected chi connectivity index (χ3v) is 6.07. The minimum Gasteiger partial charge on any atom is -0.381 e. The lowest BCUT2D eigenvalue weighted by molar-refractivity contribution is -0.133. The molecule has 3 aliphatic heterocycles. The normalized spacial score (nSPS) is 38.0. The van der Waals surface area contributed by atoms with E-state index < -0.39 is 0 Å². The Labute approximate surface area is 141 Å². The van der Waals surface area contributed by atoms with Crippen LogP contribution in [-0.4, -0.2) is 72.3 Å². The molecule has 0 aromatic carbocycles. The molecule has 1 aliphatic carbocycles. The average molecular weight is 329 g/mol. The second-order valence-corrected chi connectivity index (χ2v) is 7.44. The van der Waals surface area contributed by atoms with E-state index in [1.165, 1.54) is 5.56 Å². The Morgan fingerprint density at radius 1 is 1.29 bits per heavy atom. The molecule has 128 valence electrons. The van der Waals surface area contributed by atoms with Gasteiger partial charge in [-0.2, -0.15) is 0 Å². The highest BCUT2D eigenvalue weighted by Crippen LogP contribution is 2.51. The summed E-state index contributed by atoms with van der Waals surface area (Å²) in [6.07, 6.45) is 3.88.